The van der Waals surface area contributed by atoms with Crippen LogP contribution in [0.1, 0.15) is 24.6 Å². The molecule has 7 heteroatoms. The molecule has 0 fully saturated rings. The Kier molecular flexibility index (Phi) is 5.64. The van der Waals surface area contributed by atoms with E-state index in [9.17, 15) is 18.0 Å². The van der Waals surface area contributed by atoms with E-state index in [-0.39, 0.29) is 13.0 Å². The first kappa shape index (κ1) is 16.2. The molecule has 0 aliphatic carbocycles. The van der Waals surface area contributed by atoms with Crippen LogP contribution in [0.15, 0.2) is 24.3 Å². The zero-order chi connectivity index (χ0) is 13.1. The minimum atomic E-state index is -4.50. The van der Waals surface area contributed by atoms with Gasteiger partial charge in [0.1, 0.15) is 6.61 Å². The van der Waals surface area contributed by atoms with Crippen LogP contribution >= 0.6 is 0 Å². The number of rotatable bonds is 3. The lowest BCUT2D eigenvalue weighted by atomic mass is 10.0. The summed E-state index contributed by atoms with van der Waals surface area (Å²) in [5.74, 6) is 0. The Morgan fingerprint density at radius 2 is 1.89 bits per heavy atom. The molecule has 102 valence electrons. The van der Waals surface area contributed by atoms with Crippen molar-refractivity contribution in [2.75, 3.05) is 6.61 Å². The van der Waals surface area contributed by atoms with Crippen LogP contribution in [0, 0.1) is 0 Å². The molecule has 0 aromatic heterocycles. The molecule has 4 nitrogen and oxygen atoms in total. The van der Waals surface area contributed by atoms with Crippen molar-refractivity contribution in [3.63, 3.8) is 0 Å². The van der Waals surface area contributed by atoms with Crippen LogP contribution in [-0.4, -0.2) is 12.7 Å². The van der Waals surface area contributed by atoms with E-state index in [0.29, 0.717) is 0 Å². The first-order valence-corrected chi connectivity index (χ1v) is 4.66. The minimum absolute atomic E-state index is 0. The maximum absolute atomic E-state index is 12.6. The smallest absolute Gasteiger partial charge is 0.416 e. The van der Waals surface area contributed by atoms with Crippen LogP contribution in [0.4, 0.5) is 18.0 Å². The van der Waals surface area contributed by atoms with Gasteiger partial charge in [0.2, 0.25) is 0 Å². The van der Waals surface area contributed by atoms with Crippen LogP contribution in [-0.2, 0) is 10.9 Å². The summed E-state index contributed by atoms with van der Waals surface area (Å²) in [5.41, 5.74) is 9.23. The third-order valence-corrected chi connectivity index (χ3v) is 2.07. The van der Waals surface area contributed by atoms with Gasteiger partial charge in [0, 0.05) is 0 Å². The lowest BCUT2D eigenvalue weighted by Crippen LogP contribution is -2.25. The molecule has 4 N–H and O–H groups in total. The third-order valence-electron chi connectivity index (χ3n) is 2.07. The lowest BCUT2D eigenvalue weighted by molar-refractivity contribution is -0.138. The van der Waals surface area contributed by atoms with Crippen molar-refractivity contribution >= 4 is 6.09 Å². The van der Waals surface area contributed by atoms with Crippen LogP contribution < -0.4 is 11.5 Å². The summed E-state index contributed by atoms with van der Waals surface area (Å²) in [6.45, 7) is -0.400. The predicted octanol–water partition coefficient (Wildman–Crippen LogP) is 2.44. The van der Waals surface area contributed by atoms with Gasteiger partial charge in [-0.1, -0.05) is 25.6 Å². The molecule has 0 aliphatic heterocycles. The summed E-state index contributed by atoms with van der Waals surface area (Å²) in [6, 6.07) is 3.76. The summed E-state index contributed by atoms with van der Waals surface area (Å²) < 4.78 is 42.2. The molecule has 1 amide bonds. The number of halogens is 3. The SMILES string of the molecule is C.NC(=O)OCC(N)c1ccccc1C(F)(F)F. The van der Waals surface area contributed by atoms with Crippen molar-refractivity contribution in [2.45, 2.75) is 19.6 Å². The van der Waals surface area contributed by atoms with Gasteiger partial charge in [-0.2, -0.15) is 13.2 Å². The van der Waals surface area contributed by atoms with Gasteiger partial charge in [0.25, 0.3) is 0 Å². The van der Waals surface area contributed by atoms with E-state index >= 15 is 0 Å². The topological polar surface area (TPSA) is 78.3 Å². The third kappa shape index (κ3) is 4.25. The highest BCUT2D eigenvalue weighted by atomic mass is 19.4. The minimum Gasteiger partial charge on any atom is -0.448 e. The van der Waals surface area contributed by atoms with Gasteiger partial charge >= 0.3 is 12.3 Å². The number of benzene rings is 1. The molecular weight excluding hydrogens is 249 g/mol. The number of carbonyl (C=O) groups is 1. The van der Waals surface area contributed by atoms with Crippen molar-refractivity contribution in [1.29, 1.82) is 0 Å². The molecule has 1 atom stereocenters. The fraction of sp³-hybridized carbons (Fsp3) is 0.364. The largest absolute Gasteiger partial charge is 0.448 e. The number of alkyl halides is 3. The monoisotopic (exact) mass is 264 g/mol. The number of hydrogen-bond donors (Lipinski definition) is 2. The maximum Gasteiger partial charge on any atom is 0.416 e. The average molecular weight is 264 g/mol. The normalized spacial score (nSPS) is 12.4. The molecule has 0 radical (unpaired) electrons. The summed E-state index contributed by atoms with van der Waals surface area (Å²) in [6.07, 6.45) is -5.58. The van der Waals surface area contributed by atoms with Crippen LogP contribution in [0.2, 0.25) is 0 Å². The Morgan fingerprint density at radius 3 is 2.39 bits per heavy atom. The Balaban J connectivity index is 0.00000289. The van der Waals surface area contributed by atoms with Crippen LogP contribution in [0.5, 0.6) is 0 Å². The molecule has 0 saturated heterocycles. The Bertz CT molecular complexity index is 408. The fourth-order valence-electron chi connectivity index (χ4n) is 1.34. The van der Waals surface area contributed by atoms with Crippen molar-refractivity contribution in [3.8, 4) is 0 Å². The second-order valence-corrected chi connectivity index (χ2v) is 3.32. The highest BCUT2D eigenvalue weighted by Crippen LogP contribution is 2.33. The van der Waals surface area contributed by atoms with Crippen LogP contribution in [0.25, 0.3) is 0 Å². The fourth-order valence-corrected chi connectivity index (χ4v) is 1.34. The van der Waals surface area contributed by atoms with E-state index in [0.717, 1.165) is 6.07 Å². The number of amides is 1. The molecule has 0 heterocycles. The summed E-state index contributed by atoms with van der Waals surface area (Å²) in [4.78, 5) is 10.3. The number of carbonyl (C=O) groups excluding carboxylic acids is 1. The van der Waals surface area contributed by atoms with E-state index in [1.165, 1.54) is 18.2 Å². The van der Waals surface area contributed by atoms with Crippen molar-refractivity contribution < 1.29 is 22.7 Å². The van der Waals surface area contributed by atoms with Gasteiger partial charge in [-0.05, 0) is 11.6 Å². The van der Waals surface area contributed by atoms with E-state index in [4.69, 9.17) is 11.5 Å². The molecule has 0 aliphatic rings. The lowest BCUT2D eigenvalue weighted by Gasteiger charge is -2.17. The molecule has 1 aromatic rings. The van der Waals surface area contributed by atoms with Crippen molar-refractivity contribution in [2.24, 2.45) is 11.5 Å². The average Bonchev–Trinajstić information content (AvgIpc) is 2.24. The number of primary amides is 1. The molecule has 0 saturated carbocycles. The Hall–Kier alpha value is -1.76. The molecule has 0 spiro atoms. The van der Waals surface area contributed by atoms with Gasteiger partial charge in [-0.15, -0.1) is 0 Å². The maximum atomic E-state index is 12.6. The number of hydrogen-bond acceptors (Lipinski definition) is 3. The predicted molar refractivity (Wildman–Crippen MR) is 60.6 cm³/mol. The second kappa shape index (κ2) is 6.25. The molecule has 18 heavy (non-hydrogen) atoms. The molecule has 1 aromatic carbocycles. The quantitative estimate of drug-likeness (QED) is 0.880. The van der Waals surface area contributed by atoms with Crippen molar-refractivity contribution in [1.82, 2.24) is 0 Å². The van der Waals surface area contributed by atoms with E-state index in [1.807, 2.05) is 0 Å². The summed E-state index contributed by atoms with van der Waals surface area (Å²) >= 11 is 0. The van der Waals surface area contributed by atoms with Crippen LogP contribution in [0.3, 0.4) is 0 Å². The Morgan fingerprint density at radius 1 is 1.33 bits per heavy atom. The standard InChI is InChI=1S/C10H11F3N2O2.CH4/c11-10(12,13)7-4-2-1-3-6(7)8(14)5-17-9(15)16;/h1-4,8H,5,14H2,(H2,15,16);1H4. The summed E-state index contributed by atoms with van der Waals surface area (Å²) in [7, 11) is 0. The number of ether oxygens (including phenoxy) is 1. The summed E-state index contributed by atoms with van der Waals surface area (Å²) in [5, 5.41) is 0. The van der Waals surface area contributed by atoms with Gasteiger partial charge < -0.3 is 16.2 Å². The van der Waals surface area contributed by atoms with E-state index in [1.54, 1.807) is 0 Å². The Labute approximate surface area is 103 Å². The van der Waals surface area contributed by atoms with Gasteiger partial charge in [-0.25, -0.2) is 4.79 Å². The zero-order valence-electron chi connectivity index (χ0n) is 8.70. The molecular formula is C11H15F3N2O2. The first-order chi connectivity index (χ1) is 7.82. The van der Waals surface area contributed by atoms with E-state index < -0.39 is 30.5 Å². The number of nitrogens with two attached hydrogens (primary N) is 2. The van der Waals surface area contributed by atoms with E-state index in [2.05, 4.69) is 4.74 Å². The van der Waals surface area contributed by atoms with Crippen molar-refractivity contribution in [3.05, 3.63) is 35.4 Å². The first-order valence-electron chi connectivity index (χ1n) is 4.66. The second-order valence-electron chi connectivity index (χ2n) is 3.32. The molecule has 0 bridgehead atoms. The van der Waals surface area contributed by atoms with Gasteiger partial charge in [0.15, 0.2) is 0 Å². The van der Waals surface area contributed by atoms with Gasteiger partial charge in [-0.3, -0.25) is 0 Å². The highest BCUT2D eigenvalue weighted by Gasteiger charge is 2.34. The molecule has 1 rings (SSSR count). The zero-order valence-corrected chi connectivity index (χ0v) is 8.70. The highest BCUT2D eigenvalue weighted by molar-refractivity contribution is 5.64. The van der Waals surface area contributed by atoms with Gasteiger partial charge in [0.05, 0.1) is 11.6 Å². The molecule has 1 unspecified atom stereocenters.